The second kappa shape index (κ2) is 6.30. The molecule has 20 heavy (non-hydrogen) atoms. The largest absolute Gasteiger partial charge is 0.383 e. The molecule has 1 saturated carbocycles. The summed E-state index contributed by atoms with van der Waals surface area (Å²) in [6.07, 6.45) is 6.07. The van der Waals surface area contributed by atoms with E-state index in [0.717, 1.165) is 10.4 Å². The number of halogens is 1. The average molecular weight is 307 g/mol. The van der Waals surface area contributed by atoms with Crippen molar-refractivity contribution in [1.29, 1.82) is 0 Å². The molecule has 0 aliphatic heterocycles. The highest BCUT2D eigenvalue weighted by molar-refractivity contribution is 7.10. The smallest absolute Gasteiger partial charge is 0.115 e. The lowest BCUT2D eigenvalue weighted by Gasteiger charge is -2.22. The lowest BCUT2D eigenvalue weighted by Crippen LogP contribution is -2.05. The van der Waals surface area contributed by atoms with Gasteiger partial charge in [0.05, 0.1) is 9.90 Å². The molecule has 3 rings (SSSR count). The average Bonchev–Trinajstić information content (AvgIpc) is 2.94. The van der Waals surface area contributed by atoms with E-state index in [0.29, 0.717) is 10.9 Å². The summed E-state index contributed by atoms with van der Waals surface area (Å²) in [5, 5.41) is 13.0. The van der Waals surface area contributed by atoms with Crippen LogP contribution in [0.5, 0.6) is 0 Å². The van der Waals surface area contributed by atoms with E-state index >= 15 is 0 Å². The molecule has 1 fully saturated rings. The van der Waals surface area contributed by atoms with Gasteiger partial charge in [0.15, 0.2) is 0 Å². The van der Waals surface area contributed by atoms with E-state index in [2.05, 4.69) is 12.1 Å². The highest BCUT2D eigenvalue weighted by Gasteiger charge is 2.18. The first-order valence-electron chi connectivity index (χ1n) is 7.26. The first kappa shape index (κ1) is 14.1. The Morgan fingerprint density at radius 2 is 1.75 bits per heavy atom. The van der Waals surface area contributed by atoms with E-state index in [1.807, 2.05) is 23.6 Å². The SMILES string of the molecule is OC(c1ccc(C2CCCCC2)cc1)c1sccc1Cl. The molecule has 1 N–H and O–H groups in total. The topological polar surface area (TPSA) is 20.2 Å². The van der Waals surface area contributed by atoms with Crippen LogP contribution in [0.1, 0.15) is 60.1 Å². The summed E-state index contributed by atoms with van der Waals surface area (Å²) in [6.45, 7) is 0. The fourth-order valence-corrected chi connectivity index (χ4v) is 4.21. The van der Waals surface area contributed by atoms with Gasteiger partial charge in [-0.05, 0) is 41.3 Å². The number of hydrogen-bond acceptors (Lipinski definition) is 2. The van der Waals surface area contributed by atoms with E-state index in [1.165, 1.54) is 49.0 Å². The second-order valence-corrected chi connectivity index (χ2v) is 6.89. The summed E-state index contributed by atoms with van der Waals surface area (Å²) < 4.78 is 0. The third-order valence-corrected chi connectivity index (χ3v) is 5.63. The summed E-state index contributed by atoms with van der Waals surface area (Å²) in [5.41, 5.74) is 2.34. The summed E-state index contributed by atoms with van der Waals surface area (Å²) in [7, 11) is 0. The van der Waals surface area contributed by atoms with E-state index in [-0.39, 0.29) is 0 Å². The first-order valence-corrected chi connectivity index (χ1v) is 8.52. The zero-order valence-electron chi connectivity index (χ0n) is 11.4. The maximum absolute atomic E-state index is 10.4. The predicted molar refractivity (Wildman–Crippen MR) is 85.7 cm³/mol. The van der Waals surface area contributed by atoms with Gasteiger partial charge in [-0.15, -0.1) is 11.3 Å². The van der Waals surface area contributed by atoms with Crippen LogP contribution in [0, 0.1) is 0 Å². The lowest BCUT2D eigenvalue weighted by molar-refractivity contribution is 0.224. The molecule has 1 aliphatic rings. The fraction of sp³-hybridized carbons (Fsp3) is 0.412. The van der Waals surface area contributed by atoms with Crippen molar-refractivity contribution in [2.24, 2.45) is 0 Å². The molecule has 1 aliphatic carbocycles. The zero-order valence-corrected chi connectivity index (χ0v) is 13.0. The van der Waals surface area contributed by atoms with Gasteiger partial charge < -0.3 is 5.11 Å². The van der Waals surface area contributed by atoms with Crippen LogP contribution >= 0.6 is 22.9 Å². The van der Waals surface area contributed by atoms with Crippen LogP contribution < -0.4 is 0 Å². The third-order valence-electron chi connectivity index (χ3n) is 4.22. The van der Waals surface area contributed by atoms with Gasteiger partial charge in [0, 0.05) is 0 Å². The van der Waals surface area contributed by atoms with Gasteiger partial charge in [-0.25, -0.2) is 0 Å². The fourth-order valence-electron chi connectivity index (χ4n) is 3.04. The molecule has 0 spiro atoms. The van der Waals surface area contributed by atoms with Crippen molar-refractivity contribution in [1.82, 2.24) is 0 Å². The van der Waals surface area contributed by atoms with Gasteiger partial charge in [0.1, 0.15) is 6.10 Å². The minimum atomic E-state index is -0.608. The molecule has 0 bridgehead atoms. The van der Waals surface area contributed by atoms with Crippen molar-refractivity contribution in [2.45, 2.75) is 44.1 Å². The van der Waals surface area contributed by atoms with Crippen LogP contribution in [0.25, 0.3) is 0 Å². The van der Waals surface area contributed by atoms with Gasteiger partial charge in [-0.3, -0.25) is 0 Å². The molecule has 3 heteroatoms. The third kappa shape index (κ3) is 2.93. The van der Waals surface area contributed by atoms with E-state index in [9.17, 15) is 5.11 Å². The minimum Gasteiger partial charge on any atom is -0.383 e. The van der Waals surface area contributed by atoms with Crippen LogP contribution in [0.3, 0.4) is 0 Å². The number of aliphatic hydroxyl groups is 1. The van der Waals surface area contributed by atoms with Crippen LogP contribution in [-0.2, 0) is 0 Å². The zero-order chi connectivity index (χ0) is 13.9. The highest BCUT2D eigenvalue weighted by Crippen LogP contribution is 2.35. The highest BCUT2D eigenvalue weighted by atomic mass is 35.5. The molecule has 1 unspecified atom stereocenters. The molecule has 1 aromatic carbocycles. The van der Waals surface area contributed by atoms with E-state index in [1.54, 1.807) is 0 Å². The first-order chi connectivity index (χ1) is 9.75. The van der Waals surface area contributed by atoms with E-state index < -0.39 is 6.10 Å². The van der Waals surface area contributed by atoms with Gasteiger partial charge in [0.2, 0.25) is 0 Å². The van der Waals surface area contributed by atoms with Crippen molar-refractivity contribution in [3.8, 4) is 0 Å². The van der Waals surface area contributed by atoms with Crippen molar-refractivity contribution in [2.75, 3.05) is 0 Å². The summed E-state index contributed by atoms with van der Waals surface area (Å²) in [5.74, 6) is 0.709. The molecule has 1 atom stereocenters. The van der Waals surface area contributed by atoms with Crippen LogP contribution in [-0.4, -0.2) is 5.11 Å². The lowest BCUT2D eigenvalue weighted by atomic mass is 9.84. The van der Waals surface area contributed by atoms with Crippen LogP contribution in [0.4, 0.5) is 0 Å². The Morgan fingerprint density at radius 1 is 1.05 bits per heavy atom. The molecule has 1 heterocycles. The van der Waals surface area contributed by atoms with Crippen LogP contribution in [0.2, 0.25) is 5.02 Å². The number of aliphatic hydroxyl groups excluding tert-OH is 1. The Morgan fingerprint density at radius 3 is 2.35 bits per heavy atom. The maximum Gasteiger partial charge on any atom is 0.115 e. The normalized spacial score (nSPS) is 18.1. The molecule has 0 radical (unpaired) electrons. The molecular weight excluding hydrogens is 288 g/mol. The summed E-state index contributed by atoms with van der Waals surface area (Å²) in [4.78, 5) is 0.831. The monoisotopic (exact) mass is 306 g/mol. The molecular formula is C17H19ClOS. The van der Waals surface area contributed by atoms with Gasteiger partial charge >= 0.3 is 0 Å². The second-order valence-electron chi connectivity index (χ2n) is 5.54. The Hall–Kier alpha value is -0.830. The molecule has 1 nitrogen and oxygen atoms in total. The van der Waals surface area contributed by atoms with Crippen molar-refractivity contribution in [3.05, 3.63) is 56.7 Å². The van der Waals surface area contributed by atoms with Gasteiger partial charge in [-0.1, -0.05) is 55.1 Å². The standard InChI is InChI=1S/C17H19ClOS/c18-15-10-11-20-17(15)16(19)14-8-6-13(7-9-14)12-4-2-1-3-5-12/h6-12,16,19H,1-5H2. The molecule has 1 aromatic heterocycles. The number of benzene rings is 1. The summed E-state index contributed by atoms with van der Waals surface area (Å²) in [6, 6.07) is 10.3. The number of hydrogen-bond donors (Lipinski definition) is 1. The minimum absolute atomic E-state index is 0.608. The van der Waals surface area contributed by atoms with Gasteiger partial charge in [-0.2, -0.15) is 0 Å². The van der Waals surface area contributed by atoms with Crippen molar-refractivity contribution in [3.63, 3.8) is 0 Å². The molecule has 106 valence electrons. The summed E-state index contributed by atoms with van der Waals surface area (Å²) >= 11 is 7.59. The van der Waals surface area contributed by atoms with Crippen molar-refractivity contribution < 1.29 is 5.11 Å². The van der Waals surface area contributed by atoms with Crippen LogP contribution in [0.15, 0.2) is 35.7 Å². The quantitative estimate of drug-likeness (QED) is 0.790. The van der Waals surface area contributed by atoms with Gasteiger partial charge in [0.25, 0.3) is 0 Å². The van der Waals surface area contributed by atoms with Crippen molar-refractivity contribution >= 4 is 22.9 Å². The maximum atomic E-state index is 10.4. The Bertz CT molecular complexity index is 555. The molecule has 2 aromatic rings. The Labute approximate surface area is 129 Å². The molecule has 0 saturated heterocycles. The number of rotatable bonds is 3. The Balaban J connectivity index is 1.77. The predicted octanol–water partition coefficient (Wildman–Crippen LogP) is 5.53. The molecule has 0 amide bonds. The number of thiophene rings is 1. The Kier molecular flexibility index (Phi) is 4.45. The van der Waals surface area contributed by atoms with E-state index in [4.69, 9.17) is 11.6 Å².